The summed E-state index contributed by atoms with van der Waals surface area (Å²) in [6, 6.07) is 14.9. The quantitative estimate of drug-likeness (QED) is 0.581. The van der Waals surface area contributed by atoms with Crippen LogP contribution in [0.3, 0.4) is 0 Å². The SMILES string of the molecule is C=CCc1ccccc1Oc1ccc(C=O)cc1. The van der Waals surface area contributed by atoms with Crippen LogP contribution in [0.1, 0.15) is 15.9 Å². The van der Waals surface area contributed by atoms with Crippen molar-refractivity contribution in [2.24, 2.45) is 0 Å². The predicted octanol–water partition coefficient (Wildman–Crippen LogP) is 4.02. The van der Waals surface area contributed by atoms with Gasteiger partial charge in [0.25, 0.3) is 0 Å². The number of aldehydes is 1. The summed E-state index contributed by atoms with van der Waals surface area (Å²) < 4.78 is 5.80. The Bertz CT molecular complexity index is 541. The van der Waals surface area contributed by atoms with E-state index in [4.69, 9.17) is 4.74 Å². The van der Waals surface area contributed by atoms with Gasteiger partial charge in [0.1, 0.15) is 17.8 Å². The van der Waals surface area contributed by atoms with E-state index in [0.717, 1.165) is 29.8 Å². The van der Waals surface area contributed by atoms with Crippen molar-refractivity contribution in [3.8, 4) is 11.5 Å². The van der Waals surface area contributed by atoms with Crippen LogP contribution in [0.2, 0.25) is 0 Å². The highest BCUT2D eigenvalue weighted by atomic mass is 16.5. The molecule has 0 saturated carbocycles. The molecular formula is C16H14O2. The Labute approximate surface area is 107 Å². The summed E-state index contributed by atoms with van der Waals surface area (Å²) in [4.78, 5) is 10.6. The standard InChI is InChI=1S/C16H14O2/c1-2-5-14-6-3-4-7-16(14)18-15-10-8-13(12-17)9-11-15/h2-4,6-12H,1,5H2. The van der Waals surface area contributed by atoms with E-state index in [9.17, 15) is 4.79 Å². The molecule has 0 bridgehead atoms. The fraction of sp³-hybridized carbons (Fsp3) is 0.0625. The fourth-order valence-corrected chi connectivity index (χ4v) is 1.67. The van der Waals surface area contributed by atoms with Crippen LogP contribution in [-0.2, 0) is 6.42 Å². The second-order valence-corrected chi connectivity index (χ2v) is 3.89. The summed E-state index contributed by atoms with van der Waals surface area (Å²) in [5.41, 5.74) is 1.73. The first-order valence-corrected chi connectivity index (χ1v) is 5.75. The van der Waals surface area contributed by atoms with E-state index in [1.807, 2.05) is 30.3 Å². The Morgan fingerprint density at radius 1 is 1.06 bits per heavy atom. The second-order valence-electron chi connectivity index (χ2n) is 3.89. The van der Waals surface area contributed by atoms with Crippen molar-refractivity contribution in [2.75, 3.05) is 0 Å². The molecule has 0 fully saturated rings. The van der Waals surface area contributed by atoms with Gasteiger partial charge in [-0.1, -0.05) is 24.3 Å². The normalized spacial score (nSPS) is 9.78. The van der Waals surface area contributed by atoms with Crippen molar-refractivity contribution in [1.82, 2.24) is 0 Å². The summed E-state index contributed by atoms with van der Waals surface area (Å²) >= 11 is 0. The van der Waals surface area contributed by atoms with E-state index in [-0.39, 0.29) is 0 Å². The molecule has 0 aliphatic rings. The van der Waals surface area contributed by atoms with E-state index in [0.29, 0.717) is 5.56 Å². The summed E-state index contributed by atoms with van der Waals surface area (Å²) in [6.07, 6.45) is 3.43. The molecule has 0 unspecified atom stereocenters. The molecule has 2 aromatic rings. The lowest BCUT2D eigenvalue weighted by atomic mass is 10.1. The number of carbonyl (C=O) groups is 1. The van der Waals surface area contributed by atoms with Crippen LogP contribution in [0.15, 0.2) is 61.2 Å². The highest BCUT2D eigenvalue weighted by molar-refractivity contribution is 5.74. The van der Waals surface area contributed by atoms with Crippen molar-refractivity contribution in [1.29, 1.82) is 0 Å². The maximum Gasteiger partial charge on any atom is 0.150 e. The minimum Gasteiger partial charge on any atom is -0.457 e. The zero-order valence-corrected chi connectivity index (χ0v) is 10.0. The molecule has 0 amide bonds. The van der Waals surface area contributed by atoms with Crippen LogP contribution < -0.4 is 4.74 Å². The molecule has 0 saturated heterocycles. The van der Waals surface area contributed by atoms with Gasteiger partial charge in [-0.05, 0) is 42.3 Å². The average Bonchev–Trinajstić information content (AvgIpc) is 2.42. The molecule has 18 heavy (non-hydrogen) atoms. The first-order valence-electron chi connectivity index (χ1n) is 5.75. The van der Waals surface area contributed by atoms with Crippen molar-refractivity contribution < 1.29 is 9.53 Å². The summed E-state index contributed by atoms with van der Waals surface area (Å²) in [5.74, 6) is 1.54. The van der Waals surface area contributed by atoms with Crippen LogP contribution in [0, 0.1) is 0 Å². The lowest BCUT2D eigenvalue weighted by Crippen LogP contribution is -1.90. The van der Waals surface area contributed by atoms with Crippen LogP contribution in [0.4, 0.5) is 0 Å². The number of allylic oxidation sites excluding steroid dienone is 1. The third-order valence-electron chi connectivity index (χ3n) is 2.58. The molecule has 90 valence electrons. The van der Waals surface area contributed by atoms with Gasteiger partial charge >= 0.3 is 0 Å². The van der Waals surface area contributed by atoms with E-state index >= 15 is 0 Å². The van der Waals surface area contributed by atoms with Crippen molar-refractivity contribution in [2.45, 2.75) is 6.42 Å². The van der Waals surface area contributed by atoms with Gasteiger partial charge in [0.2, 0.25) is 0 Å². The Kier molecular flexibility index (Phi) is 3.92. The van der Waals surface area contributed by atoms with E-state index < -0.39 is 0 Å². The fourth-order valence-electron chi connectivity index (χ4n) is 1.67. The highest BCUT2D eigenvalue weighted by Crippen LogP contribution is 2.25. The second kappa shape index (κ2) is 5.82. The molecule has 0 N–H and O–H groups in total. The molecule has 2 nitrogen and oxygen atoms in total. The number of para-hydroxylation sites is 1. The Balaban J connectivity index is 2.21. The minimum absolute atomic E-state index is 0.640. The van der Waals surface area contributed by atoms with E-state index in [1.165, 1.54) is 0 Å². The molecule has 0 radical (unpaired) electrons. The Hall–Kier alpha value is -2.35. The Morgan fingerprint density at radius 3 is 2.44 bits per heavy atom. The number of benzene rings is 2. The van der Waals surface area contributed by atoms with Gasteiger partial charge in [-0.25, -0.2) is 0 Å². The summed E-state index contributed by atoms with van der Waals surface area (Å²) in [7, 11) is 0. The van der Waals surface area contributed by atoms with Gasteiger partial charge < -0.3 is 4.74 Å². The topological polar surface area (TPSA) is 26.3 Å². The molecular weight excluding hydrogens is 224 g/mol. The monoisotopic (exact) mass is 238 g/mol. The molecule has 0 atom stereocenters. The van der Waals surface area contributed by atoms with Gasteiger partial charge in [-0.15, -0.1) is 6.58 Å². The van der Waals surface area contributed by atoms with E-state index in [1.54, 1.807) is 24.3 Å². The maximum atomic E-state index is 10.6. The molecule has 0 spiro atoms. The van der Waals surface area contributed by atoms with Gasteiger partial charge in [0, 0.05) is 5.56 Å². The molecule has 2 rings (SSSR count). The van der Waals surface area contributed by atoms with Crippen molar-refractivity contribution >= 4 is 6.29 Å². The van der Waals surface area contributed by atoms with Crippen LogP contribution in [0.25, 0.3) is 0 Å². The minimum atomic E-state index is 0.640. The lowest BCUT2D eigenvalue weighted by Gasteiger charge is -2.09. The predicted molar refractivity (Wildman–Crippen MR) is 72.2 cm³/mol. The first kappa shape index (κ1) is 12.1. The molecule has 0 aliphatic carbocycles. The first-order chi connectivity index (χ1) is 8.83. The number of hydrogen-bond donors (Lipinski definition) is 0. The van der Waals surface area contributed by atoms with Gasteiger partial charge in [0.15, 0.2) is 0 Å². The molecule has 0 heterocycles. The summed E-state index contributed by atoms with van der Waals surface area (Å²) in [6.45, 7) is 3.73. The molecule has 2 heteroatoms. The average molecular weight is 238 g/mol. The molecule has 0 aliphatic heterocycles. The summed E-state index contributed by atoms with van der Waals surface area (Å²) in [5, 5.41) is 0. The van der Waals surface area contributed by atoms with Gasteiger partial charge in [-0.3, -0.25) is 4.79 Å². The highest BCUT2D eigenvalue weighted by Gasteiger charge is 2.02. The smallest absolute Gasteiger partial charge is 0.150 e. The number of hydrogen-bond acceptors (Lipinski definition) is 2. The van der Waals surface area contributed by atoms with Crippen molar-refractivity contribution in [3.05, 3.63) is 72.3 Å². The Morgan fingerprint density at radius 2 is 1.78 bits per heavy atom. The molecule has 0 aromatic heterocycles. The maximum absolute atomic E-state index is 10.6. The van der Waals surface area contributed by atoms with Crippen LogP contribution >= 0.6 is 0 Å². The van der Waals surface area contributed by atoms with E-state index in [2.05, 4.69) is 6.58 Å². The number of ether oxygens (including phenoxy) is 1. The largest absolute Gasteiger partial charge is 0.457 e. The van der Waals surface area contributed by atoms with Crippen LogP contribution in [-0.4, -0.2) is 6.29 Å². The number of carbonyl (C=O) groups excluding carboxylic acids is 1. The lowest BCUT2D eigenvalue weighted by molar-refractivity contribution is 0.112. The zero-order chi connectivity index (χ0) is 12.8. The third kappa shape index (κ3) is 2.86. The third-order valence-corrected chi connectivity index (χ3v) is 2.58. The number of rotatable bonds is 5. The zero-order valence-electron chi connectivity index (χ0n) is 10.0. The van der Waals surface area contributed by atoms with Gasteiger partial charge in [0.05, 0.1) is 0 Å². The molecule has 2 aromatic carbocycles. The van der Waals surface area contributed by atoms with Crippen LogP contribution in [0.5, 0.6) is 11.5 Å². The van der Waals surface area contributed by atoms with Gasteiger partial charge in [-0.2, -0.15) is 0 Å². The van der Waals surface area contributed by atoms with Crippen molar-refractivity contribution in [3.63, 3.8) is 0 Å².